The van der Waals surface area contributed by atoms with Crippen LogP contribution in [0.5, 0.6) is 0 Å². The summed E-state index contributed by atoms with van der Waals surface area (Å²) < 4.78 is 4.71. The van der Waals surface area contributed by atoms with Crippen LogP contribution in [0.25, 0.3) is 0 Å². The molecule has 1 aliphatic carbocycles. The summed E-state index contributed by atoms with van der Waals surface area (Å²) in [6.07, 6.45) is 4.70. The molecule has 2 aliphatic rings. The molecule has 1 saturated carbocycles. The maximum absolute atomic E-state index is 13.7. The van der Waals surface area contributed by atoms with Crippen LogP contribution in [0, 0.1) is 6.92 Å². The number of benzene rings is 2. The van der Waals surface area contributed by atoms with Gasteiger partial charge in [0.05, 0.1) is 24.8 Å². The summed E-state index contributed by atoms with van der Waals surface area (Å²) in [6, 6.07) is 12.6. The van der Waals surface area contributed by atoms with Gasteiger partial charge in [0.25, 0.3) is 11.8 Å². The van der Waals surface area contributed by atoms with Crippen molar-refractivity contribution in [1.29, 1.82) is 0 Å². The van der Waals surface area contributed by atoms with Crippen molar-refractivity contribution in [3.05, 3.63) is 65.2 Å². The molecule has 2 fully saturated rings. The number of carbonyl (C=O) groups excluding carboxylic acids is 4. The first-order chi connectivity index (χ1) is 15.9. The van der Waals surface area contributed by atoms with Crippen molar-refractivity contribution >= 4 is 29.4 Å². The highest BCUT2D eigenvalue weighted by Gasteiger charge is 2.46. The van der Waals surface area contributed by atoms with Crippen LogP contribution in [0.4, 0.5) is 5.69 Å². The Morgan fingerprint density at radius 3 is 2.27 bits per heavy atom. The molecule has 0 aromatic heterocycles. The van der Waals surface area contributed by atoms with Crippen LogP contribution >= 0.6 is 0 Å². The minimum Gasteiger partial charge on any atom is -0.465 e. The van der Waals surface area contributed by atoms with Crippen molar-refractivity contribution in [2.24, 2.45) is 0 Å². The quantitative estimate of drug-likeness (QED) is 0.512. The number of nitrogens with zero attached hydrogens (tertiary/aromatic N) is 2. The van der Waals surface area contributed by atoms with Crippen molar-refractivity contribution in [2.45, 2.75) is 57.5 Å². The Labute approximate surface area is 193 Å². The van der Waals surface area contributed by atoms with E-state index >= 15 is 0 Å². The molecule has 7 nitrogen and oxygen atoms in total. The van der Waals surface area contributed by atoms with Crippen LogP contribution in [0.15, 0.2) is 48.5 Å². The Morgan fingerprint density at radius 1 is 0.970 bits per heavy atom. The summed E-state index contributed by atoms with van der Waals surface area (Å²) in [7, 11) is 1.29. The van der Waals surface area contributed by atoms with E-state index in [1.807, 2.05) is 25.1 Å². The normalized spacial score (nSPS) is 19.0. The summed E-state index contributed by atoms with van der Waals surface area (Å²) >= 11 is 0. The maximum Gasteiger partial charge on any atom is 0.337 e. The molecule has 0 radical (unpaired) electrons. The smallest absolute Gasteiger partial charge is 0.337 e. The SMILES string of the molecule is COC(=O)c1ccc(N2C(=O)CC(N(C(=O)c3ccccc3C)C3CCCCC3)C2=O)cc1. The molecule has 0 bridgehead atoms. The van der Waals surface area contributed by atoms with Crippen molar-refractivity contribution in [3.63, 3.8) is 0 Å². The summed E-state index contributed by atoms with van der Waals surface area (Å²) in [4.78, 5) is 54.7. The zero-order chi connectivity index (χ0) is 23.5. The van der Waals surface area contributed by atoms with Gasteiger partial charge in [-0.3, -0.25) is 14.4 Å². The van der Waals surface area contributed by atoms with Gasteiger partial charge in [0.1, 0.15) is 6.04 Å². The molecule has 1 saturated heterocycles. The van der Waals surface area contributed by atoms with Crippen LogP contribution in [-0.4, -0.2) is 47.8 Å². The van der Waals surface area contributed by atoms with Gasteiger partial charge in [-0.05, 0) is 55.7 Å². The Bertz CT molecular complexity index is 1070. The van der Waals surface area contributed by atoms with Gasteiger partial charge in [-0.15, -0.1) is 0 Å². The molecule has 1 unspecified atom stereocenters. The van der Waals surface area contributed by atoms with E-state index in [4.69, 9.17) is 4.74 Å². The predicted octanol–water partition coefficient (Wildman–Crippen LogP) is 3.89. The van der Waals surface area contributed by atoms with Gasteiger partial charge in [-0.1, -0.05) is 37.5 Å². The second-order valence-electron chi connectivity index (χ2n) is 8.64. The Morgan fingerprint density at radius 2 is 1.64 bits per heavy atom. The molecule has 0 spiro atoms. The first-order valence-corrected chi connectivity index (χ1v) is 11.4. The minimum atomic E-state index is -0.840. The standard InChI is InChI=1S/C26H28N2O5/c1-17-8-6-7-11-21(17)24(30)27(19-9-4-3-5-10-19)22-16-23(29)28(25(22)31)20-14-12-18(13-15-20)26(32)33-2/h6-8,11-15,19,22H,3-5,9-10,16H2,1-2H3. The minimum absolute atomic E-state index is 0.0499. The number of rotatable bonds is 5. The highest BCUT2D eigenvalue weighted by molar-refractivity contribution is 6.23. The van der Waals surface area contributed by atoms with Crippen LogP contribution in [-0.2, 0) is 14.3 Å². The van der Waals surface area contributed by atoms with Gasteiger partial charge in [-0.2, -0.15) is 0 Å². The van der Waals surface area contributed by atoms with E-state index in [2.05, 4.69) is 0 Å². The fourth-order valence-corrected chi connectivity index (χ4v) is 4.84. The number of hydrogen-bond acceptors (Lipinski definition) is 5. The monoisotopic (exact) mass is 448 g/mol. The summed E-state index contributed by atoms with van der Waals surface area (Å²) in [5, 5.41) is 0. The largest absolute Gasteiger partial charge is 0.465 e. The summed E-state index contributed by atoms with van der Waals surface area (Å²) in [5.74, 6) is -1.45. The summed E-state index contributed by atoms with van der Waals surface area (Å²) in [6.45, 7) is 1.88. The number of amides is 3. The first kappa shape index (κ1) is 22.7. The highest BCUT2D eigenvalue weighted by atomic mass is 16.5. The second kappa shape index (κ2) is 9.57. The lowest BCUT2D eigenvalue weighted by Gasteiger charge is -2.37. The van der Waals surface area contributed by atoms with Crippen LogP contribution in [0.2, 0.25) is 0 Å². The molecule has 1 heterocycles. The molecule has 172 valence electrons. The molecule has 33 heavy (non-hydrogen) atoms. The summed E-state index contributed by atoms with van der Waals surface area (Å²) in [5.41, 5.74) is 2.11. The number of aryl methyl sites for hydroxylation is 1. The fraction of sp³-hybridized carbons (Fsp3) is 0.385. The maximum atomic E-state index is 13.7. The molecule has 0 N–H and O–H groups in total. The van der Waals surface area contributed by atoms with Gasteiger partial charge in [-0.25, -0.2) is 9.69 Å². The highest BCUT2D eigenvalue weighted by Crippen LogP contribution is 2.32. The molecule has 2 aromatic rings. The fourth-order valence-electron chi connectivity index (χ4n) is 4.84. The topological polar surface area (TPSA) is 84.0 Å². The van der Waals surface area contributed by atoms with Gasteiger partial charge in [0.2, 0.25) is 5.91 Å². The Balaban J connectivity index is 1.66. The van der Waals surface area contributed by atoms with E-state index in [1.54, 1.807) is 23.1 Å². The van der Waals surface area contributed by atoms with Gasteiger partial charge in [0.15, 0.2) is 0 Å². The van der Waals surface area contributed by atoms with Crippen LogP contribution < -0.4 is 4.90 Å². The van der Waals surface area contributed by atoms with E-state index in [-0.39, 0.29) is 24.3 Å². The Kier molecular flexibility index (Phi) is 6.58. The number of carbonyl (C=O) groups is 4. The van der Waals surface area contributed by atoms with Crippen molar-refractivity contribution in [3.8, 4) is 0 Å². The van der Waals surface area contributed by atoms with E-state index in [0.717, 1.165) is 42.6 Å². The third kappa shape index (κ3) is 4.40. The lowest BCUT2D eigenvalue weighted by atomic mass is 9.91. The average molecular weight is 449 g/mol. The molecule has 3 amide bonds. The zero-order valence-electron chi connectivity index (χ0n) is 19.0. The number of anilines is 1. The average Bonchev–Trinajstić information content (AvgIpc) is 3.13. The second-order valence-corrected chi connectivity index (χ2v) is 8.64. The number of esters is 1. The van der Waals surface area contributed by atoms with Crippen LogP contribution in [0.3, 0.4) is 0 Å². The molecular weight excluding hydrogens is 420 g/mol. The van der Waals surface area contributed by atoms with E-state index in [0.29, 0.717) is 16.8 Å². The van der Waals surface area contributed by atoms with Crippen molar-refractivity contribution < 1.29 is 23.9 Å². The van der Waals surface area contributed by atoms with E-state index in [9.17, 15) is 19.2 Å². The van der Waals surface area contributed by atoms with E-state index in [1.165, 1.54) is 19.2 Å². The Hall–Kier alpha value is -3.48. The molecule has 2 aromatic carbocycles. The molecular formula is C26H28N2O5. The predicted molar refractivity (Wildman–Crippen MR) is 123 cm³/mol. The molecule has 1 aliphatic heterocycles. The number of hydrogen-bond donors (Lipinski definition) is 0. The zero-order valence-corrected chi connectivity index (χ0v) is 19.0. The van der Waals surface area contributed by atoms with Gasteiger partial charge >= 0.3 is 5.97 Å². The van der Waals surface area contributed by atoms with Crippen LogP contribution in [0.1, 0.15) is 64.8 Å². The first-order valence-electron chi connectivity index (χ1n) is 11.4. The third-order valence-electron chi connectivity index (χ3n) is 6.58. The lowest BCUT2D eigenvalue weighted by Crippen LogP contribution is -2.51. The van der Waals surface area contributed by atoms with Gasteiger partial charge < -0.3 is 9.64 Å². The third-order valence-corrected chi connectivity index (χ3v) is 6.58. The molecule has 7 heteroatoms. The van der Waals surface area contributed by atoms with E-state index < -0.39 is 17.9 Å². The lowest BCUT2D eigenvalue weighted by molar-refractivity contribution is -0.123. The molecule has 1 atom stereocenters. The van der Waals surface area contributed by atoms with Crippen molar-refractivity contribution in [2.75, 3.05) is 12.0 Å². The number of ether oxygens (including phenoxy) is 1. The van der Waals surface area contributed by atoms with Crippen molar-refractivity contribution in [1.82, 2.24) is 4.90 Å². The number of methoxy groups -OCH3 is 1. The molecule has 4 rings (SSSR count). The van der Waals surface area contributed by atoms with Gasteiger partial charge in [0, 0.05) is 11.6 Å². The number of imide groups is 1.